The topological polar surface area (TPSA) is 67.4 Å². The summed E-state index contributed by atoms with van der Waals surface area (Å²) in [5.41, 5.74) is -0.332. The van der Waals surface area contributed by atoms with Gasteiger partial charge in [0.1, 0.15) is 11.6 Å². The quantitative estimate of drug-likeness (QED) is 0.216. The molecule has 4 aromatic carbocycles. The number of nitrogens with one attached hydrogen (secondary N) is 2. The Hall–Kier alpha value is -4.80. The highest BCUT2D eigenvalue weighted by atomic mass is 19.4. The predicted octanol–water partition coefficient (Wildman–Crippen LogP) is 7.76. The summed E-state index contributed by atoms with van der Waals surface area (Å²) in [6.45, 7) is 0. The number of ether oxygens (including phenoxy) is 1. The zero-order valence-corrected chi connectivity index (χ0v) is 23.7. The van der Waals surface area contributed by atoms with Crippen molar-refractivity contribution in [3.63, 3.8) is 0 Å². The Kier molecular flexibility index (Phi) is 7.80. The van der Waals surface area contributed by atoms with Crippen molar-refractivity contribution in [2.45, 2.75) is 25.1 Å². The van der Waals surface area contributed by atoms with E-state index >= 15 is 0 Å². The molecule has 2 N–H and O–H groups in total. The Morgan fingerprint density at radius 3 is 2.29 bits per heavy atom. The summed E-state index contributed by atoms with van der Waals surface area (Å²) in [6.07, 6.45) is -1.85. The van der Waals surface area contributed by atoms with Crippen LogP contribution in [0.15, 0.2) is 78.4 Å². The Balaban J connectivity index is 1.36. The van der Waals surface area contributed by atoms with E-state index in [2.05, 4.69) is 10.6 Å². The van der Waals surface area contributed by atoms with Crippen molar-refractivity contribution in [2.24, 2.45) is 17.8 Å². The number of carbonyl (C=O) groups excluding carboxylic acids is 2. The second kappa shape index (κ2) is 11.6. The number of anilines is 1. The molecule has 11 heteroatoms. The van der Waals surface area contributed by atoms with Gasteiger partial charge < -0.3 is 15.4 Å². The van der Waals surface area contributed by atoms with Gasteiger partial charge in [-0.25, -0.2) is 13.2 Å². The Morgan fingerprint density at radius 1 is 0.844 bits per heavy atom. The molecule has 5 nitrogen and oxygen atoms in total. The number of methoxy groups -OCH3 is 1. The molecule has 2 aliphatic carbocycles. The number of hydrogen-bond donors (Lipinski definition) is 2. The molecule has 2 amide bonds. The minimum absolute atomic E-state index is 0.214. The van der Waals surface area contributed by atoms with Crippen LogP contribution in [-0.4, -0.2) is 25.0 Å². The Bertz CT molecular complexity index is 1850. The van der Waals surface area contributed by atoms with Crippen molar-refractivity contribution in [2.75, 3.05) is 12.4 Å². The standard InChI is InChI=1S/C34H26F6N2O3/c1-45-29-16-28(37)27(36)15-24(29)32(43)42-31-22-10-9-21(23(22)13-17-6-7-18-4-2-3-5-19(18)12-17)30(31)33(44)41-20-8-11-26(35)25(14-20)34(38,39)40/h2-8,11-16,21-22,30-31H,9-10H2,1H3,(H,41,44)(H,42,43)/b23-13-/t21?,22?,30-,31+/m0/s1. The van der Waals surface area contributed by atoms with Crippen LogP contribution in [0.2, 0.25) is 0 Å². The minimum atomic E-state index is -4.98. The average Bonchev–Trinajstić information content (AvgIpc) is 3.52. The van der Waals surface area contributed by atoms with Crippen LogP contribution in [-0.2, 0) is 11.0 Å². The van der Waals surface area contributed by atoms with Gasteiger partial charge in [-0.1, -0.05) is 48.0 Å². The van der Waals surface area contributed by atoms with E-state index in [9.17, 15) is 35.9 Å². The molecule has 2 fully saturated rings. The summed E-state index contributed by atoms with van der Waals surface area (Å²) in [7, 11) is 1.19. The molecule has 0 spiro atoms. The lowest BCUT2D eigenvalue weighted by Crippen LogP contribution is -2.48. The second-order valence-electron chi connectivity index (χ2n) is 11.2. The lowest BCUT2D eigenvalue weighted by molar-refractivity contribution is -0.140. The molecule has 0 aromatic heterocycles. The van der Waals surface area contributed by atoms with Crippen molar-refractivity contribution in [3.05, 3.63) is 113 Å². The molecule has 2 aliphatic rings. The molecular formula is C34H26F6N2O3. The highest BCUT2D eigenvalue weighted by Gasteiger charge is 2.54. The van der Waals surface area contributed by atoms with E-state index in [0.717, 1.165) is 34.0 Å². The minimum Gasteiger partial charge on any atom is -0.496 e. The second-order valence-corrected chi connectivity index (χ2v) is 11.2. The molecule has 45 heavy (non-hydrogen) atoms. The molecule has 2 unspecified atom stereocenters. The summed E-state index contributed by atoms with van der Waals surface area (Å²) in [6, 6.07) is 16.4. The molecule has 4 atom stereocenters. The molecular weight excluding hydrogens is 598 g/mol. The van der Waals surface area contributed by atoms with Crippen molar-refractivity contribution >= 4 is 34.4 Å². The third-order valence-electron chi connectivity index (χ3n) is 8.63. The van der Waals surface area contributed by atoms with Crippen LogP contribution in [0.1, 0.15) is 34.3 Å². The van der Waals surface area contributed by atoms with E-state index in [1.54, 1.807) is 0 Å². The summed E-state index contributed by atoms with van der Waals surface area (Å²) < 4.78 is 87.1. The molecule has 0 radical (unpaired) electrons. The SMILES string of the molecule is COc1cc(F)c(F)cc1C(=O)N[C@@H]1C2CCC(/C2=C/c2ccc3ccccc3c2)[C@@H]1C(=O)Nc1ccc(F)c(C(F)(F)F)c1. The van der Waals surface area contributed by atoms with Crippen molar-refractivity contribution in [1.82, 2.24) is 5.32 Å². The molecule has 2 bridgehead atoms. The number of halogens is 6. The van der Waals surface area contributed by atoms with Crippen molar-refractivity contribution < 1.29 is 40.7 Å². The van der Waals surface area contributed by atoms with E-state index in [-0.39, 0.29) is 28.8 Å². The van der Waals surface area contributed by atoms with Gasteiger partial charge in [-0.2, -0.15) is 13.2 Å². The van der Waals surface area contributed by atoms with Gasteiger partial charge in [0.2, 0.25) is 5.91 Å². The van der Waals surface area contributed by atoms with Gasteiger partial charge in [0.05, 0.1) is 24.2 Å². The monoisotopic (exact) mass is 624 g/mol. The largest absolute Gasteiger partial charge is 0.496 e. The molecule has 4 aromatic rings. The van der Waals surface area contributed by atoms with Crippen LogP contribution in [0.5, 0.6) is 5.75 Å². The molecule has 232 valence electrons. The van der Waals surface area contributed by atoms with Crippen LogP contribution in [0, 0.1) is 35.2 Å². The van der Waals surface area contributed by atoms with E-state index in [1.165, 1.54) is 7.11 Å². The van der Waals surface area contributed by atoms with Gasteiger partial charge in [-0.15, -0.1) is 0 Å². The number of alkyl halides is 3. The van der Waals surface area contributed by atoms with E-state index < -0.39 is 53.0 Å². The van der Waals surface area contributed by atoms with Gasteiger partial charge in [0.15, 0.2) is 11.6 Å². The first-order chi connectivity index (χ1) is 21.4. The third kappa shape index (κ3) is 5.74. The van der Waals surface area contributed by atoms with E-state index in [1.807, 2.05) is 48.5 Å². The third-order valence-corrected chi connectivity index (χ3v) is 8.63. The smallest absolute Gasteiger partial charge is 0.419 e. The number of benzene rings is 4. The maximum Gasteiger partial charge on any atom is 0.419 e. The average molecular weight is 625 g/mol. The van der Waals surface area contributed by atoms with Gasteiger partial charge in [0, 0.05) is 23.7 Å². The van der Waals surface area contributed by atoms with Crippen LogP contribution in [0.4, 0.5) is 32.0 Å². The molecule has 2 saturated carbocycles. The fourth-order valence-electron chi connectivity index (χ4n) is 6.63. The van der Waals surface area contributed by atoms with Crippen LogP contribution in [0.3, 0.4) is 0 Å². The van der Waals surface area contributed by atoms with Crippen molar-refractivity contribution in [1.29, 1.82) is 0 Å². The zero-order chi connectivity index (χ0) is 32.0. The molecule has 6 rings (SSSR count). The van der Waals surface area contributed by atoms with Crippen molar-refractivity contribution in [3.8, 4) is 5.75 Å². The summed E-state index contributed by atoms with van der Waals surface area (Å²) in [5, 5.41) is 7.32. The van der Waals surface area contributed by atoms with Gasteiger partial charge in [-0.3, -0.25) is 9.59 Å². The fourth-order valence-corrected chi connectivity index (χ4v) is 6.63. The lowest BCUT2D eigenvalue weighted by Gasteiger charge is -2.30. The van der Waals surface area contributed by atoms with Gasteiger partial charge in [-0.05, 0) is 65.4 Å². The highest BCUT2D eigenvalue weighted by molar-refractivity contribution is 5.99. The highest BCUT2D eigenvalue weighted by Crippen LogP contribution is 2.54. The number of hydrogen-bond acceptors (Lipinski definition) is 3. The lowest BCUT2D eigenvalue weighted by atomic mass is 9.83. The normalized spacial score (nSPS) is 21.7. The van der Waals surface area contributed by atoms with Gasteiger partial charge in [0.25, 0.3) is 5.91 Å². The fraction of sp³-hybridized carbons (Fsp3) is 0.235. The first kappa shape index (κ1) is 30.2. The zero-order valence-electron chi connectivity index (χ0n) is 23.7. The molecule has 0 heterocycles. The van der Waals surface area contributed by atoms with Crippen LogP contribution in [0.25, 0.3) is 16.8 Å². The summed E-state index contributed by atoms with van der Waals surface area (Å²) >= 11 is 0. The van der Waals surface area contributed by atoms with Gasteiger partial charge >= 0.3 is 6.18 Å². The molecule has 0 saturated heterocycles. The summed E-state index contributed by atoms with van der Waals surface area (Å²) in [5.74, 6) is -7.32. The first-order valence-electron chi connectivity index (χ1n) is 14.2. The first-order valence-corrected chi connectivity index (χ1v) is 14.2. The van der Waals surface area contributed by atoms with Crippen LogP contribution >= 0.6 is 0 Å². The molecule has 0 aliphatic heterocycles. The number of amides is 2. The maximum absolute atomic E-state index is 14.1. The Morgan fingerprint density at radius 2 is 1.56 bits per heavy atom. The number of fused-ring (bicyclic) bond motifs is 3. The Labute approximate surface area is 253 Å². The number of rotatable bonds is 6. The predicted molar refractivity (Wildman–Crippen MR) is 156 cm³/mol. The van der Waals surface area contributed by atoms with E-state index in [0.29, 0.717) is 31.0 Å². The van der Waals surface area contributed by atoms with E-state index in [4.69, 9.17) is 4.74 Å². The maximum atomic E-state index is 14.1. The van der Waals surface area contributed by atoms with Crippen LogP contribution < -0.4 is 15.4 Å². The summed E-state index contributed by atoms with van der Waals surface area (Å²) in [4.78, 5) is 27.2. The number of carbonyl (C=O) groups is 2.